The lowest BCUT2D eigenvalue weighted by Crippen LogP contribution is -2.60. The number of amides is 1. The first kappa shape index (κ1) is 18.2. The molecule has 1 amide bonds. The van der Waals surface area contributed by atoms with Crippen molar-refractivity contribution in [3.8, 4) is 17.0 Å². The Hall–Kier alpha value is -3.13. The van der Waals surface area contributed by atoms with E-state index in [9.17, 15) is 9.59 Å². The number of benzene rings is 2. The number of fused-ring (bicyclic) bond motifs is 3. The lowest BCUT2D eigenvalue weighted by molar-refractivity contribution is -0.763. The van der Waals surface area contributed by atoms with Gasteiger partial charge in [-0.1, -0.05) is 30.0 Å². The molecule has 4 rings (SSSR count). The molecule has 0 saturated carbocycles. The maximum atomic E-state index is 12.9. The molecule has 0 bridgehead atoms. The van der Waals surface area contributed by atoms with Gasteiger partial charge in [0.1, 0.15) is 5.75 Å². The second kappa shape index (κ2) is 7.12. The summed E-state index contributed by atoms with van der Waals surface area (Å²) in [5, 5.41) is 5.10. The van der Waals surface area contributed by atoms with Crippen LogP contribution >= 0.6 is 11.8 Å². The van der Waals surface area contributed by atoms with Crippen molar-refractivity contribution in [2.75, 3.05) is 18.3 Å². The second-order valence-electron chi connectivity index (χ2n) is 6.31. The molecule has 8 heteroatoms. The molecule has 0 saturated heterocycles. The number of methoxy groups -OCH3 is 1. The van der Waals surface area contributed by atoms with Gasteiger partial charge in [-0.3, -0.25) is 14.6 Å². The molecule has 7 nitrogen and oxygen atoms in total. The minimum absolute atomic E-state index is 0.147. The summed E-state index contributed by atoms with van der Waals surface area (Å²) in [7, 11) is 1.59. The molecule has 1 aromatic heterocycles. The number of ether oxygens (including phenoxy) is 1. The molecule has 0 fully saturated rings. The standard InChI is InChI=1S/C20H18N4O3S/c1-12(25)23-16-10-5-4-9-15(16)17-18(26)21-20(28-3)22-24(17)19(23)13-7-6-8-14(11-13)27-2/h4-11,19H,1-3H3/p+1/t19-/m1/s1. The zero-order valence-electron chi connectivity index (χ0n) is 15.7. The maximum Gasteiger partial charge on any atom is 0.325 e. The number of thioether (sulfide) groups is 1. The molecule has 1 N–H and O–H groups in total. The van der Waals surface area contributed by atoms with Crippen LogP contribution in [0.25, 0.3) is 11.3 Å². The Balaban J connectivity index is 2.08. The van der Waals surface area contributed by atoms with Crippen molar-refractivity contribution >= 4 is 23.4 Å². The van der Waals surface area contributed by atoms with Crippen LogP contribution in [0.4, 0.5) is 5.69 Å². The van der Waals surface area contributed by atoms with Crippen molar-refractivity contribution in [1.82, 2.24) is 10.1 Å². The molecule has 0 radical (unpaired) electrons. The predicted molar refractivity (Wildman–Crippen MR) is 107 cm³/mol. The van der Waals surface area contributed by atoms with Crippen molar-refractivity contribution in [2.45, 2.75) is 18.2 Å². The highest BCUT2D eigenvalue weighted by Crippen LogP contribution is 2.37. The Kier molecular flexibility index (Phi) is 4.64. The van der Waals surface area contributed by atoms with Crippen LogP contribution < -0.4 is 19.9 Å². The van der Waals surface area contributed by atoms with E-state index in [0.717, 1.165) is 5.56 Å². The summed E-state index contributed by atoms with van der Waals surface area (Å²) >= 11 is 1.34. The van der Waals surface area contributed by atoms with Crippen LogP contribution in [0.3, 0.4) is 0 Å². The average molecular weight is 395 g/mol. The van der Waals surface area contributed by atoms with Gasteiger partial charge in [0.2, 0.25) is 11.1 Å². The van der Waals surface area contributed by atoms with Gasteiger partial charge in [0, 0.05) is 17.6 Å². The van der Waals surface area contributed by atoms with Crippen molar-refractivity contribution < 1.29 is 14.2 Å². The smallest absolute Gasteiger partial charge is 0.325 e. The van der Waals surface area contributed by atoms with E-state index in [4.69, 9.17) is 4.74 Å². The highest BCUT2D eigenvalue weighted by Gasteiger charge is 2.44. The highest BCUT2D eigenvalue weighted by molar-refractivity contribution is 7.98. The summed E-state index contributed by atoms with van der Waals surface area (Å²) in [6.07, 6.45) is 1.23. The fourth-order valence-electron chi connectivity index (χ4n) is 3.51. The Morgan fingerprint density at radius 2 is 2.04 bits per heavy atom. The van der Waals surface area contributed by atoms with Crippen LogP contribution in [0.15, 0.2) is 58.5 Å². The van der Waals surface area contributed by atoms with E-state index in [1.165, 1.54) is 18.7 Å². The van der Waals surface area contributed by atoms with Crippen LogP contribution in [0.2, 0.25) is 0 Å². The predicted octanol–water partition coefficient (Wildman–Crippen LogP) is 2.37. The SMILES string of the molecule is COc1cccc([C@@H]2N(C(C)=O)c3ccccc3-c3c(=O)[nH]c(SC)n[n+]32)c1. The molecule has 142 valence electrons. The Bertz CT molecular complexity index is 1130. The van der Waals surface area contributed by atoms with Crippen LogP contribution in [0, 0.1) is 0 Å². The van der Waals surface area contributed by atoms with Crippen LogP contribution in [-0.4, -0.2) is 29.4 Å². The topological polar surface area (TPSA) is 79.2 Å². The number of hydrogen-bond acceptors (Lipinski definition) is 5. The second-order valence-corrected chi connectivity index (χ2v) is 7.11. The van der Waals surface area contributed by atoms with Gasteiger partial charge in [0.05, 0.1) is 18.4 Å². The zero-order valence-corrected chi connectivity index (χ0v) is 16.5. The third kappa shape index (κ3) is 2.86. The molecule has 28 heavy (non-hydrogen) atoms. The van der Waals surface area contributed by atoms with E-state index in [-0.39, 0.29) is 11.5 Å². The molecule has 2 aromatic carbocycles. The largest absolute Gasteiger partial charge is 0.497 e. The van der Waals surface area contributed by atoms with Gasteiger partial charge in [-0.25, -0.2) is 4.90 Å². The number of rotatable bonds is 3. The first-order valence-electron chi connectivity index (χ1n) is 8.68. The number of carbonyl (C=O) groups is 1. The molecule has 0 spiro atoms. The third-order valence-electron chi connectivity index (χ3n) is 4.68. The molecule has 0 aliphatic carbocycles. The van der Waals surface area contributed by atoms with Crippen LogP contribution in [-0.2, 0) is 4.79 Å². The van der Waals surface area contributed by atoms with Crippen molar-refractivity contribution in [3.63, 3.8) is 0 Å². The number of nitrogens with one attached hydrogen (secondary N) is 1. The number of nitrogens with zero attached hydrogens (tertiary/aromatic N) is 3. The van der Waals surface area contributed by atoms with E-state index in [1.807, 2.05) is 54.8 Å². The molecule has 2 heterocycles. The number of aromatic nitrogens is 3. The van der Waals surface area contributed by atoms with E-state index < -0.39 is 6.17 Å². The minimum Gasteiger partial charge on any atom is -0.497 e. The summed E-state index contributed by atoms with van der Waals surface area (Å²) < 4.78 is 6.99. The first-order valence-corrected chi connectivity index (χ1v) is 9.91. The molecule has 1 atom stereocenters. The Morgan fingerprint density at radius 3 is 2.75 bits per heavy atom. The highest BCUT2D eigenvalue weighted by atomic mass is 32.2. The molecular formula is C20H19N4O3S+. The minimum atomic E-state index is -0.606. The van der Waals surface area contributed by atoms with Crippen molar-refractivity contribution in [3.05, 3.63) is 64.4 Å². The van der Waals surface area contributed by atoms with Gasteiger partial charge >= 0.3 is 11.3 Å². The van der Waals surface area contributed by atoms with Gasteiger partial charge < -0.3 is 4.74 Å². The molecule has 3 aromatic rings. The number of carbonyl (C=O) groups excluding carboxylic acids is 1. The van der Waals surface area contributed by atoms with Gasteiger partial charge in [0.15, 0.2) is 0 Å². The van der Waals surface area contributed by atoms with E-state index in [1.54, 1.807) is 16.7 Å². The number of para-hydroxylation sites is 1. The van der Waals surface area contributed by atoms with Crippen LogP contribution in [0.1, 0.15) is 18.7 Å². The van der Waals surface area contributed by atoms with E-state index >= 15 is 0 Å². The van der Waals surface area contributed by atoms with Gasteiger partial charge in [-0.05, 0) is 41.3 Å². The zero-order chi connectivity index (χ0) is 19.8. The Labute approximate surface area is 166 Å². The lowest BCUT2D eigenvalue weighted by Gasteiger charge is -2.31. The summed E-state index contributed by atoms with van der Waals surface area (Å²) in [6, 6.07) is 14.8. The van der Waals surface area contributed by atoms with Crippen molar-refractivity contribution in [1.29, 1.82) is 0 Å². The van der Waals surface area contributed by atoms with E-state index in [0.29, 0.717) is 27.9 Å². The first-order chi connectivity index (χ1) is 13.5. The normalized spacial score (nSPS) is 15.0. The lowest BCUT2D eigenvalue weighted by atomic mass is 10.0. The van der Waals surface area contributed by atoms with Crippen LogP contribution in [0.5, 0.6) is 5.75 Å². The van der Waals surface area contributed by atoms with Crippen molar-refractivity contribution in [2.24, 2.45) is 0 Å². The molecular weight excluding hydrogens is 376 g/mol. The third-order valence-corrected chi connectivity index (χ3v) is 5.25. The maximum absolute atomic E-state index is 12.9. The average Bonchev–Trinajstić information content (AvgIpc) is 2.72. The number of aromatic amines is 1. The fraction of sp³-hybridized carbons (Fsp3) is 0.200. The summed E-state index contributed by atoms with van der Waals surface area (Å²) in [5.41, 5.74) is 2.30. The number of H-pyrrole nitrogens is 1. The molecule has 1 aliphatic rings. The summed E-state index contributed by atoms with van der Waals surface area (Å²) in [4.78, 5) is 30.1. The van der Waals surface area contributed by atoms with Gasteiger partial charge in [0.25, 0.3) is 6.17 Å². The summed E-state index contributed by atoms with van der Waals surface area (Å²) in [6.45, 7) is 1.51. The number of hydrogen-bond donors (Lipinski definition) is 1. The summed E-state index contributed by atoms with van der Waals surface area (Å²) in [5.74, 6) is 0.517. The Morgan fingerprint density at radius 1 is 1.25 bits per heavy atom. The van der Waals surface area contributed by atoms with E-state index in [2.05, 4.69) is 10.1 Å². The monoisotopic (exact) mass is 395 g/mol. The molecule has 0 unspecified atom stereocenters. The fourth-order valence-corrected chi connectivity index (χ4v) is 3.87. The van der Waals surface area contributed by atoms with Gasteiger partial charge in [-0.2, -0.15) is 0 Å². The number of anilines is 1. The quantitative estimate of drug-likeness (QED) is 0.544. The van der Waals surface area contributed by atoms with Gasteiger partial charge in [-0.15, -0.1) is 0 Å². The molecule has 1 aliphatic heterocycles.